The number of carbonyl (C=O) groups excluding carboxylic acids is 1. The highest BCUT2D eigenvalue weighted by Crippen LogP contribution is 2.32. The van der Waals surface area contributed by atoms with Gasteiger partial charge >= 0.3 is 0 Å². The first-order valence-corrected chi connectivity index (χ1v) is 16.3. The van der Waals surface area contributed by atoms with Crippen LogP contribution in [0.5, 0.6) is 0 Å². The van der Waals surface area contributed by atoms with Gasteiger partial charge in [0.15, 0.2) is 0 Å². The van der Waals surface area contributed by atoms with Gasteiger partial charge < -0.3 is 5.32 Å². The first-order chi connectivity index (χ1) is 19.6. The number of hydrogen-bond acceptors (Lipinski definition) is 3. The van der Waals surface area contributed by atoms with Crippen LogP contribution in [0.15, 0.2) is 46.4 Å². The zero-order valence-corrected chi connectivity index (χ0v) is 29.4. The normalized spacial score (nSPS) is 13.1. The van der Waals surface area contributed by atoms with Crippen molar-refractivity contribution < 1.29 is 4.79 Å². The van der Waals surface area contributed by atoms with Crippen LogP contribution < -0.4 is 5.32 Å². The number of nitrogens with zero attached hydrogens (tertiary/aromatic N) is 2. The molecule has 2 aliphatic heterocycles. The van der Waals surface area contributed by atoms with Crippen molar-refractivity contribution in [2.75, 3.05) is 0 Å². The van der Waals surface area contributed by atoms with Crippen molar-refractivity contribution in [1.29, 1.82) is 0 Å². The van der Waals surface area contributed by atoms with E-state index in [0.717, 1.165) is 12.8 Å². The Hall–Kier alpha value is -2.75. The Labute approximate surface area is 258 Å². The molecule has 4 heteroatoms. The van der Waals surface area contributed by atoms with Gasteiger partial charge in [-0.25, -0.2) is 0 Å². The lowest BCUT2D eigenvalue weighted by molar-refractivity contribution is -0.124. The van der Waals surface area contributed by atoms with Crippen LogP contribution >= 0.6 is 0 Å². The molecular formula is C38H61N3O. The highest BCUT2D eigenvalue weighted by atomic mass is 16.1. The van der Waals surface area contributed by atoms with E-state index in [-0.39, 0.29) is 17.9 Å². The van der Waals surface area contributed by atoms with E-state index >= 15 is 0 Å². The second-order valence-corrected chi connectivity index (χ2v) is 13.5. The largest absolute Gasteiger partial charge is 0.354 e. The van der Waals surface area contributed by atoms with Crippen LogP contribution in [0, 0.1) is 17.8 Å². The Kier molecular flexibility index (Phi) is 16.0. The third-order valence-electron chi connectivity index (χ3n) is 7.11. The predicted molar refractivity (Wildman–Crippen MR) is 186 cm³/mol. The fourth-order valence-corrected chi connectivity index (χ4v) is 4.31. The molecule has 42 heavy (non-hydrogen) atoms. The number of benzene rings is 2. The maximum absolute atomic E-state index is 10.8. The highest BCUT2D eigenvalue weighted by Gasteiger charge is 2.18. The predicted octanol–water partition coefficient (Wildman–Crippen LogP) is 10.8. The molecule has 4 nitrogen and oxygen atoms in total. The zero-order chi connectivity index (χ0) is 32.1. The zero-order valence-electron chi connectivity index (χ0n) is 29.4. The van der Waals surface area contributed by atoms with Gasteiger partial charge in [-0.3, -0.25) is 14.8 Å². The van der Waals surface area contributed by atoms with E-state index in [1.54, 1.807) is 0 Å². The van der Waals surface area contributed by atoms with Crippen molar-refractivity contribution in [3.8, 4) is 0 Å². The average molecular weight is 576 g/mol. The minimum Gasteiger partial charge on any atom is -0.354 e. The maximum atomic E-state index is 10.8. The third kappa shape index (κ3) is 12.2. The number of rotatable bonds is 6. The molecule has 4 rings (SSSR count). The smallest absolute Gasteiger partial charge is 0.222 e. The third-order valence-corrected chi connectivity index (χ3v) is 7.11. The Balaban J connectivity index is 0.000000311. The van der Waals surface area contributed by atoms with Crippen LogP contribution in [0.2, 0.25) is 0 Å². The molecule has 2 aromatic rings. The van der Waals surface area contributed by atoms with Gasteiger partial charge in [0.05, 0.1) is 11.4 Å². The van der Waals surface area contributed by atoms with E-state index in [2.05, 4.69) is 116 Å². The van der Waals surface area contributed by atoms with Crippen molar-refractivity contribution >= 4 is 28.7 Å². The van der Waals surface area contributed by atoms with E-state index in [1.165, 1.54) is 51.5 Å². The summed E-state index contributed by atoms with van der Waals surface area (Å²) in [7, 11) is 0. The van der Waals surface area contributed by atoms with E-state index in [4.69, 9.17) is 4.99 Å². The molecule has 0 atom stereocenters. The van der Waals surface area contributed by atoms with Gasteiger partial charge in [-0.2, -0.15) is 0 Å². The summed E-state index contributed by atoms with van der Waals surface area (Å²) in [4.78, 5) is 20.2. The summed E-state index contributed by atoms with van der Waals surface area (Å²) in [6, 6.07) is 13.7. The van der Waals surface area contributed by atoms with Gasteiger partial charge in [-0.15, -0.1) is 0 Å². The maximum Gasteiger partial charge on any atom is 0.222 e. The van der Waals surface area contributed by atoms with Crippen LogP contribution in [-0.4, -0.2) is 23.4 Å². The van der Waals surface area contributed by atoms with Crippen LogP contribution in [0.4, 0.5) is 11.4 Å². The van der Waals surface area contributed by atoms with Gasteiger partial charge in [0.1, 0.15) is 0 Å². The van der Waals surface area contributed by atoms with Crippen molar-refractivity contribution in [2.45, 2.75) is 134 Å². The fraction of sp³-hybridized carbons (Fsp3) is 0.605. The number of hydrogen-bond donors (Lipinski definition) is 1. The standard InChI is InChI=1S/2C14H19N.C7H15NO.C3H8/c1-9(2)11-5-6-13-12(7-11)8-14(15-13)10(3)4;1-9(2)11-5-6-12-8-13(10(3)4)15-14(12)7-11;1-5(2)7(9)8-6(3)4;1-3-2/h2*5-7,9-10H,8H2,1-4H3;5-6H,1-4H3,(H,8,9);3H2,1-2H3. The average Bonchev–Trinajstić information content (AvgIpc) is 3.53. The van der Waals surface area contributed by atoms with Crippen LogP contribution in [0.25, 0.3) is 0 Å². The molecule has 1 amide bonds. The SMILES string of the molecule is CC(C)C1=Nc2cc(C(C)C)ccc2C1.CC(C)C1=Nc2ccc(C(C)C)cc2C1.CC(C)NC(=O)C(C)C.CCC. The molecule has 2 aliphatic rings. The first kappa shape index (κ1) is 37.3. The van der Waals surface area contributed by atoms with Gasteiger partial charge in [0, 0.05) is 36.2 Å². The van der Waals surface area contributed by atoms with Crippen molar-refractivity contribution in [3.63, 3.8) is 0 Å². The van der Waals surface area contributed by atoms with Crippen LogP contribution in [0.1, 0.15) is 137 Å². The Bertz CT molecular complexity index is 1180. The summed E-state index contributed by atoms with van der Waals surface area (Å²) in [5, 5.41) is 2.80. The molecule has 0 radical (unpaired) electrons. The molecule has 0 spiro atoms. The second kappa shape index (κ2) is 18.0. The summed E-state index contributed by atoms with van der Waals surface area (Å²) < 4.78 is 0. The van der Waals surface area contributed by atoms with Crippen LogP contribution in [0.3, 0.4) is 0 Å². The topological polar surface area (TPSA) is 53.8 Å². The molecule has 2 heterocycles. The number of nitrogens with one attached hydrogen (secondary N) is 1. The summed E-state index contributed by atoms with van der Waals surface area (Å²) in [6.45, 7) is 29.7. The van der Waals surface area contributed by atoms with E-state index in [0.29, 0.717) is 23.7 Å². The summed E-state index contributed by atoms with van der Waals surface area (Å²) in [5.41, 5.74) is 10.6. The molecule has 0 aliphatic carbocycles. The molecule has 0 saturated heterocycles. The van der Waals surface area contributed by atoms with Gasteiger partial charge in [0.2, 0.25) is 5.91 Å². The van der Waals surface area contributed by atoms with Crippen LogP contribution in [-0.2, 0) is 17.6 Å². The quantitative estimate of drug-likeness (QED) is 0.366. The van der Waals surface area contributed by atoms with E-state index in [1.807, 2.05) is 27.7 Å². The number of aliphatic imine (C=N–C) groups is 2. The van der Waals surface area contributed by atoms with Gasteiger partial charge in [-0.05, 0) is 71.9 Å². The van der Waals surface area contributed by atoms with Crippen molar-refractivity contribution in [3.05, 3.63) is 58.7 Å². The molecule has 0 fully saturated rings. The lowest BCUT2D eigenvalue weighted by Gasteiger charge is -2.09. The highest BCUT2D eigenvalue weighted by molar-refractivity contribution is 5.96. The van der Waals surface area contributed by atoms with Gasteiger partial charge in [0.25, 0.3) is 0 Å². The molecule has 0 bridgehead atoms. The molecule has 0 unspecified atom stereocenters. The monoisotopic (exact) mass is 575 g/mol. The minimum atomic E-state index is 0.104. The van der Waals surface area contributed by atoms with Crippen molar-refractivity contribution in [1.82, 2.24) is 5.32 Å². The number of carbonyl (C=O) groups is 1. The first-order valence-electron chi connectivity index (χ1n) is 16.3. The molecule has 234 valence electrons. The lowest BCUT2D eigenvalue weighted by Crippen LogP contribution is -2.33. The Morgan fingerprint density at radius 2 is 1.10 bits per heavy atom. The number of fused-ring (bicyclic) bond motifs is 2. The van der Waals surface area contributed by atoms with E-state index in [9.17, 15) is 4.79 Å². The van der Waals surface area contributed by atoms with Gasteiger partial charge in [-0.1, -0.05) is 114 Å². The molecule has 0 saturated carbocycles. The Morgan fingerprint density at radius 1 is 0.643 bits per heavy atom. The Morgan fingerprint density at radius 3 is 1.52 bits per heavy atom. The van der Waals surface area contributed by atoms with E-state index < -0.39 is 0 Å². The molecular weight excluding hydrogens is 514 g/mol. The fourth-order valence-electron chi connectivity index (χ4n) is 4.31. The number of amides is 1. The molecule has 1 N–H and O–H groups in total. The summed E-state index contributed by atoms with van der Waals surface area (Å²) >= 11 is 0. The minimum absolute atomic E-state index is 0.104. The molecule has 2 aromatic carbocycles. The molecule has 0 aromatic heterocycles. The lowest BCUT2D eigenvalue weighted by atomic mass is 9.97. The van der Waals surface area contributed by atoms with Crippen molar-refractivity contribution in [2.24, 2.45) is 27.7 Å². The summed E-state index contributed by atoms with van der Waals surface area (Å²) in [6.07, 6.45) is 3.35. The second-order valence-electron chi connectivity index (χ2n) is 13.5. The summed E-state index contributed by atoms with van der Waals surface area (Å²) in [5.74, 6) is 2.57.